The zero-order valence-corrected chi connectivity index (χ0v) is 48.9. The van der Waals surface area contributed by atoms with Crippen molar-refractivity contribution in [3.8, 4) is 0 Å². The first-order chi connectivity index (χ1) is 33.9. The standard InChI is InChI=1S/C58H97NO11Si2/c1-15-31-62-52(61)59-37-42(8)40(6)34-55-28-24-43(47-38-63-47)33-46(55)50-51-49(68-71(13,14)53(9,10)11)41(7)35-57(66-50,67-51)36-45-22-20-26-56(64-45)29-30-58(69-56)54(12,70-72(16-2,17-3)18-4)27-25-44(65-58)32-39(5)21-19-23-48(55)60/h15,33,40-42,44-47,49-51H,1,5,16-32,34-38H2,2-4,6-14H3,(H,59,61)/t40-,41+,42-,44-,45+,46+,47+,49+,50-,51+,54+,55+,56+,57+,58+/m0/s1. The maximum atomic E-state index is 15.9. The molecule has 8 rings (SSSR count). The summed E-state index contributed by atoms with van der Waals surface area (Å²) in [7, 11) is -4.41. The van der Waals surface area contributed by atoms with Crippen LogP contribution < -0.4 is 5.32 Å². The van der Waals surface area contributed by atoms with Crippen molar-refractivity contribution in [1.29, 1.82) is 0 Å². The summed E-state index contributed by atoms with van der Waals surface area (Å²) in [6.07, 6.45) is 13.9. The van der Waals surface area contributed by atoms with Crippen molar-refractivity contribution in [2.24, 2.45) is 29.1 Å². The smallest absolute Gasteiger partial charge is 0.407 e. The number of ketones is 1. The molecule has 0 radical (unpaired) electrons. The number of fused-ring (bicyclic) bond motifs is 7. The van der Waals surface area contributed by atoms with E-state index in [0.29, 0.717) is 64.5 Å². The molecule has 1 aliphatic carbocycles. The highest BCUT2D eigenvalue weighted by Gasteiger charge is 2.68. The van der Waals surface area contributed by atoms with E-state index in [-0.39, 0.29) is 65.5 Å². The number of carbonyl (C=O) groups is 2. The molecule has 7 heterocycles. The lowest BCUT2D eigenvalue weighted by atomic mass is 9.57. The SMILES string of the molecule is C=CCOC(=O)NC[C@H](C)[C@@H](C)C[C@]12CCC([C@H]3CO3)=C[C@@H]1[C@@H]1O[C@]3(C[C@H]4CCC[C@@]5(CC[C@@]6(O[C@@H](CC[C@@]6(C)O[Si](CC)(CC)CC)CC(=C)CCCC2=O)O5)O4)C[C@@H](C)[C@@H](O[Si](C)(C)C(C)(C)C)[C@H]1O3. The van der Waals surface area contributed by atoms with Gasteiger partial charge < -0.3 is 47.3 Å². The Morgan fingerprint density at radius 2 is 1.62 bits per heavy atom. The molecule has 0 aromatic rings. The van der Waals surface area contributed by atoms with Crippen LogP contribution in [0.5, 0.6) is 0 Å². The Labute approximate surface area is 436 Å². The van der Waals surface area contributed by atoms with Gasteiger partial charge in [-0.25, -0.2) is 4.79 Å². The lowest BCUT2D eigenvalue weighted by molar-refractivity contribution is -0.400. The molecule has 7 fully saturated rings. The van der Waals surface area contributed by atoms with Gasteiger partial charge >= 0.3 is 6.09 Å². The van der Waals surface area contributed by atoms with Gasteiger partial charge in [-0.3, -0.25) is 4.79 Å². The largest absolute Gasteiger partial charge is 0.445 e. The van der Waals surface area contributed by atoms with Crippen LogP contribution in [0.25, 0.3) is 0 Å². The summed E-state index contributed by atoms with van der Waals surface area (Å²) >= 11 is 0. The molecule has 7 saturated heterocycles. The van der Waals surface area contributed by atoms with Crippen molar-refractivity contribution in [3.05, 3.63) is 36.5 Å². The summed E-state index contributed by atoms with van der Waals surface area (Å²) in [6, 6.07) is 3.15. The van der Waals surface area contributed by atoms with Crippen LogP contribution in [-0.2, 0) is 46.8 Å². The van der Waals surface area contributed by atoms with Crippen LogP contribution in [0.15, 0.2) is 36.5 Å². The Balaban J connectivity index is 1.20. The second-order valence-electron chi connectivity index (χ2n) is 26.0. The van der Waals surface area contributed by atoms with E-state index in [1.165, 1.54) is 5.57 Å². The van der Waals surface area contributed by atoms with Gasteiger partial charge in [-0.2, -0.15) is 0 Å². The molecule has 1 N–H and O–H groups in total. The van der Waals surface area contributed by atoms with Crippen LogP contribution in [0, 0.1) is 29.1 Å². The summed E-state index contributed by atoms with van der Waals surface area (Å²) in [5.74, 6) is -2.49. The summed E-state index contributed by atoms with van der Waals surface area (Å²) in [6.45, 7) is 37.1. The molecule has 12 nitrogen and oxygen atoms in total. The monoisotopic (exact) mass is 1040 g/mol. The van der Waals surface area contributed by atoms with Crippen LogP contribution in [-0.4, -0.2) is 108 Å². The summed E-state index contributed by atoms with van der Waals surface area (Å²) in [5, 5.41) is 2.96. The predicted octanol–water partition coefficient (Wildman–Crippen LogP) is 13.0. The summed E-state index contributed by atoms with van der Waals surface area (Å²) < 4.78 is 64.2. The van der Waals surface area contributed by atoms with E-state index in [2.05, 4.69) is 107 Å². The predicted molar refractivity (Wildman–Crippen MR) is 286 cm³/mol. The van der Waals surface area contributed by atoms with Crippen LogP contribution in [0.4, 0.5) is 4.79 Å². The number of nitrogens with one attached hydrogen (secondary N) is 1. The van der Waals surface area contributed by atoms with Crippen LogP contribution in [0.2, 0.25) is 36.3 Å². The highest BCUT2D eigenvalue weighted by molar-refractivity contribution is 6.74. The number of alkyl carbamates (subject to hydrolysis) is 1. The molecular formula is C58H97NO11Si2. The molecule has 1 amide bonds. The summed E-state index contributed by atoms with van der Waals surface area (Å²) in [4.78, 5) is 28.6. The second kappa shape index (κ2) is 21.6. The molecule has 7 aliphatic heterocycles. The Bertz CT molecular complexity index is 1990. The van der Waals surface area contributed by atoms with Gasteiger partial charge in [-0.15, -0.1) is 0 Å². The Morgan fingerprint density at radius 3 is 2.31 bits per heavy atom. The summed E-state index contributed by atoms with van der Waals surface area (Å²) in [5.41, 5.74) is 0.974. The molecule has 14 heteroatoms. The molecular weight excluding hydrogens is 943 g/mol. The Kier molecular flexibility index (Phi) is 16.9. The van der Waals surface area contributed by atoms with E-state index in [4.69, 9.17) is 42.0 Å². The van der Waals surface area contributed by atoms with Crippen LogP contribution in [0.3, 0.4) is 0 Å². The molecule has 408 valence electrons. The number of Topliss-reactive ketones (excluding diaryl/α,β-unsaturated/α-hetero) is 1. The van der Waals surface area contributed by atoms with E-state index < -0.39 is 63.3 Å². The fraction of sp³-hybridized carbons (Fsp3) is 0.862. The molecule has 0 unspecified atom stereocenters. The van der Waals surface area contributed by atoms with E-state index >= 15 is 4.79 Å². The molecule has 0 saturated carbocycles. The van der Waals surface area contributed by atoms with Crippen LogP contribution in [0.1, 0.15) is 172 Å². The van der Waals surface area contributed by atoms with Gasteiger partial charge in [-0.05, 0) is 131 Å². The van der Waals surface area contributed by atoms with Gasteiger partial charge in [-0.1, -0.05) is 93.2 Å². The molecule has 15 atom stereocenters. The number of amides is 1. The maximum Gasteiger partial charge on any atom is 0.407 e. The quantitative estimate of drug-likeness (QED) is 0.0955. The first-order valence-electron chi connectivity index (χ1n) is 28.8. The van der Waals surface area contributed by atoms with Gasteiger partial charge in [0.25, 0.3) is 0 Å². The lowest BCUT2D eigenvalue weighted by Crippen LogP contribution is -2.65. The van der Waals surface area contributed by atoms with Crippen molar-refractivity contribution in [2.45, 2.75) is 268 Å². The highest BCUT2D eigenvalue weighted by atomic mass is 28.4. The second-order valence-corrected chi connectivity index (χ2v) is 35.4. The van der Waals surface area contributed by atoms with E-state index in [9.17, 15) is 4.79 Å². The molecule has 0 aromatic carbocycles. The Morgan fingerprint density at radius 1 is 0.903 bits per heavy atom. The average molecular weight is 1040 g/mol. The van der Waals surface area contributed by atoms with Crippen molar-refractivity contribution in [3.63, 3.8) is 0 Å². The number of hydrogen-bond donors (Lipinski definition) is 1. The zero-order valence-electron chi connectivity index (χ0n) is 46.9. The third kappa shape index (κ3) is 11.3. The van der Waals surface area contributed by atoms with Gasteiger partial charge in [0.05, 0.1) is 31.0 Å². The number of ether oxygens (including phenoxy) is 7. The topological polar surface area (TPSA) is 133 Å². The van der Waals surface area contributed by atoms with Crippen molar-refractivity contribution in [1.82, 2.24) is 5.32 Å². The molecule has 7 bridgehead atoms. The van der Waals surface area contributed by atoms with Gasteiger partial charge in [0.15, 0.2) is 34.0 Å². The molecule has 72 heavy (non-hydrogen) atoms. The lowest BCUT2D eigenvalue weighted by Gasteiger charge is -2.55. The van der Waals surface area contributed by atoms with E-state index in [1.807, 2.05) is 0 Å². The third-order valence-corrected chi connectivity index (χ3v) is 29.2. The fourth-order valence-corrected chi connectivity index (χ4v) is 18.6. The minimum atomic E-state index is -2.32. The van der Waals surface area contributed by atoms with Crippen molar-refractivity contribution in [2.75, 3.05) is 19.8 Å². The van der Waals surface area contributed by atoms with E-state index in [1.54, 1.807) is 6.08 Å². The van der Waals surface area contributed by atoms with Crippen molar-refractivity contribution < 1.29 is 51.6 Å². The number of hydrogen-bond acceptors (Lipinski definition) is 11. The first-order valence-corrected chi connectivity index (χ1v) is 34.2. The molecule has 3 spiro atoms. The maximum absolute atomic E-state index is 15.9. The highest BCUT2D eigenvalue weighted by Crippen LogP contribution is 2.60. The zero-order chi connectivity index (χ0) is 52.1. The first kappa shape index (κ1) is 56.5. The third-order valence-electron chi connectivity index (χ3n) is 20.0. The number of rotatable bonds is 15. The molecule has 8 aliphatic rings. The van der Waals surface area contributed by atoms with Crippen molar-refractivity contribution >= 4 is 28.5 Å². The van der Waals surface area contributed by atoms with E-state index in [0.717, 1.165) is 75.1 Å². The van der Waals surface area contributed by atoms with Crippen LogP contribution >= 0.6 is 0 Å². The van der Waals surface area contributed by atoms with Gasteiger partial charge in [0.2, 0.25) is 0 Å². The molecule has 0 aromatic heterocycles. The van der Waals surface area contributed by atoms with Gasteiger partial charge in [0, 0.05) is 56.4 Å². The minimum Gasteiger partial charge on any atom is -0.445 e. The normalized spacial score (nSPS) is 40.4. The number of carbonyl (C=O) groups excluding carboxylic acids is 2. The number of epoxide rings is 1. The minimum absolute atomic E-state index is 0.0269. The van der Waals surface area contributed by atoms with Gasteiger partial charge in [0.1, 0.15) is 30.2 Å². The Hall–Kier alpha value is -1.73. The fourth-order valence-electron chi connectivity index (χ4n) is 14.1. The average Bonchev–Trinajstić information content (AvgIpc) is 4.06.